The van der Waals surface area contributed by atoms with Crippen LogP contribution in [0.1, 0.15) is 54.9 Å². The lowest BCUT2D eigenvalue weighted by molar-refractivity contribution is -0.140. The number of rotatable bonds is 11. The Morgan fingerprint density at radius 3 is 2.31 bits per heavy atom. The molecule has 2 aromatic rings. The van der Waals surface area contributed by atoms with Crippen LogP contribution in [0.5, 0.6) is 5.88 Å². The third-order valence-electron chi connectivity index (χ3n) is 6.02. The summed E-state index contributed by atoms with van der Waals surface area (Å²) in [6, 6.07) is 8.54. The molecular formula is C26H32N4O8S. The van der Waals surface area contributed by atoms with Gasteiger partial charge in [-0.1, -0.05) is 31.4 Å². The molecule has 1 aliphatic rings. The molecule has 3 amide bonds. The number of hydrogen-bond acceptors (Lipinski definition) is 9. The van der Waals surface area contributed by atoms with E-state index in [0.29, 0.717) is 13.0 Å². The number of carbonyl (C=O) groups is 4. The fourth-order valence-corrected chi connectivity index (χ4v) is 4.94. The Labute approximate surface area is 226 Å². The van der Waals surface area contributed by atoms with Gasteiger partial charge in [0.25, 0.3) is 15.9 Å². The molecule has 1 saturated carbocycles. The van der Waals surface area contributed by atoms with Crippen LogP contribution < -0.4 is 20.1 Å². The van der Waals surface area contributed by atoms with E-state index >= 15 is 0 Å². The highest BCUT2D eigenvalue weighted by molar-refractivity contribution is 7.90. The number of ether oxygens (including phenoxy) is 2. The predicted molar refractivity (Wildman–Crippen MR) is 139 cm³/mol. The van der Waals surface area contributed by atoms with Crippen LogP contribution in [0.3, 0.4) is 0 Å². The Kier molecular flexibility index (Phi) is 10.8. The van der Waals surface area contributed by atoms with E-state index in [1.807, 2.05) is 4.72 Å². The summed E-state index contributed by atoms with van der Waals surface area (Å²) >= 11 is 0. The van der Waals surface area contributed by atoms with Crippen LogP contribution in [0, 0.1) is 5.92 Å². The van der Waals surface area contributed by atoms with Crippen molar-refractivity contribution in [3.8, 4) is 5.88 Å². The molecular weight excluding hydrogens is 528 g/mol. The van der Waals surface area contributed by atoms with Gasteiger partial charge in [0.15, 0.2) is 0 Å². The Morgan fingerprint density at radius 2 is 1.67 bits per heavy atom. The summed E-state index contributed by atoms with van der Waals surface area (Å²) in [6.07, 6.45) is 5.98. The third-order valence-corrected chi connectivity index (χ3v) is 7.37. The molecule has 3 N–H and O–H groups in total. The van der Waals surface area contributed by atoms with Gasteiger partial charge in [-0.2, -0.15) is 0 Å². The van der Waals surface area contributed by atoms with E-state index in [2.05, 4.69) is 20.4 Å². The first kappa shape index (κ1) is 29.6. The first-order valence-electron chi connectivity index (χ1n) is 12.6. The number of hydrogen-bond donors (Lipinski definition) is 3. The molecule has 1 aromatic heterocycles. The third kappa shape index (κ3) is 9.67. The molecule has 0 saturated heterocycles. The molecule has 39 heavy (non-hydrogen) atoms. The minimum atomic E-state index is -4.15. The molecule has 13 heteroatoms. The number of pyridine rings is 1. The Balaban J connectivity index is 1.46. The maximum Gasteiger partial charge on any atom is 0.414 e. The van der Waals surface area contributed by atoms with Crippen LogP contribution in [-0.4, -0.2) is 57.0 Å². The largest absolute Gasteiger partial charge is 0.464 e. The number of amides is 3. The summed E-state index contributed by atoms with van der Waals surface area (Å²) in [4.78, 5) is 50.8. The highest BCUT2D eigenvalue weighted by Gasteiger charge is 2.21. The van der Waals surface area contributed by atoms with Gasteiger partial charge in [0, 0.05) is 31.6 Å². The molecule has 210 valence electrons. The van der Waals surface area contributed by atoms with Gasteiger partial charge >= 0.3 is 12.1 Å². The van der Waals surface area contributed by atoms with Crippen molar-refractivity contribution in [3.63, 3.8) is 0 Å². The molecule has 0 unspecified atom stereocenters. The second-order valence-corrected chi connectivity index (χ2v) is 10.7. The van der Waals surface area contributed by atoms with Gasteiger partial charge in [-0.25, -0.2) is 22.9 Å². The zero-order valence-corrected chi connectivity index (χ0v) is 22.4. The van der Waals surface area contributed by atoms with Crippen LogP contribution in [0.15, 0.2) is 47.5 Å². The van der Waals surface area contributed by atoms with Crippen LogP contribution >= 0.6 is 0 Å². The number of nitrogens with one attached hydrogen (secondary N) is 3. The van der Waals surface area contributed by atoms with E-state index in [-0.39, 0.29) is 41.3 Å². The number of benzene rings is 1. The van der Waals surface area contributed by atoms with Crippen LogP contribution in [0.4, 0.5) is 4.79 Å². The van der Waals surface area contributed by atoms with E-state index in [1.165, 1.54) is 37.6 Å². The van der Waals surface area contributed by atoms with Crippen molar-refractivity contribution in [2.45, 2.75) is 50.3 Å². The molecule has 0 aliphatic heterocycles. The van der Waals surface area contributed by atoms with Gasteiger partial charge in [0.2, 0.25) is 11.8 Å². The lowest BCUT2D eigenvalue weighted by Crippen LogP contribution is -2.33. The summed E-state index contributed by atoms with van der Waals surface area (Å²) in [6.45, 7) is 1.71. The number of nitrogens with zero attached hydrogens (tertiary/aromatic N) is 1. The second kappa shape index (κ2) is 14.2. The van der Waals surface area contributed by atoms with Crippen LogP contribution in [0.25, 0.3) is 0 Å². The molecule has 1 aromatic carbocycles. The summed E-state index contributed by atoms with van der Waals surface area (Å²) in [5.41, 5.74) is 0.783. The average molecular weight is 561 g/mol. The minimum Gasteiger partial charge on any atom is -0.464 e. The van der Waals surface area contributed by atoms with E-state index in [4.69, 9.17) is 4.74 Å². The molecule has 0 radical (unpaired) electrons. The number of carbonyl (C=O) groups excluding carboxylic acids is 4. The van der Waals surface area contributed by atoms with Gasteiger partial charge in [0.05, 0.1) is 17.0 Å². The highest BCUT2D eigenvalue weighted by atomic mass is 32.2. The Morgan fingerprint density at radius 1 is 0.949 bits per heavy atom. The maximum absolute atomic E-state index is 12.7. The summed E-state index contributed by atoms with van der Waals surface area (Å²) in [5, 5.41) is 5.30. The second-order valence-electron chi connectivity index (χ2n) is 9.00. The van der Waals surface area contributed by atoms with Gasteiger partial charge in [-0.05, 0) is 43.0 Å². The maximum atomic E-state index is 12.7. The highest BCUT2D eigenvalue weighted by Crippen LogP contribution is 2.23. The Bertz CT molecular complexity index is 1260. The van der Waals surface area contributed by atoms with E-state index in [9.17, 15) is 27.6 Å². The van der Waals surface area contributed by atoms with Crippen molar-refractivity contribution >= 4 is 33.9 Å². The normalized spacial score (nSPS) is 13.7. The molecule has 0 atom stereocenters. The molecule has 1 aliphatic carbocycles. The van der Waals surface area contributed by atoms with Gasteiger partial charge in [-0.15, -0.1) is 0 Å². The summed E-state index contributed by atoms with van der Waals surface area (Å²) < 4.78 is 36.9. The first-order valence-corrected chi connectivity index (χ1v) is 14.1. The zero-order chi connectivity index (χ0) is 28.3. The van der Waals surface area contributed by atoms with Crippen molar-refractivity contribution in [1.82, 2.24) is 20.3 Å². The summed E-state index contributed by atoms with van der Waals surface area (Å²) in [5.74, 6) is -1.35. The minimum absolute atomic E-state index is 0.0211. The zero-order valence-electron chi connectivity index (χ0n) is 21.6. The van der Waals surface area contributed by atoms with E-state index < -0.39 is 28.0 Å². The predicted octanol–water partition coefficient (Wildman–Crippen LogP) is 2.09. The van der Waals surface area contributed by atoms with Crippen molar-refractivity contribution in [2.75, 3.05) is 19.7 Å². The fourth-order valence-electron chi connectivity index (χ4n) is 3.97. The molecule has 1 fully saturated rings. The molecule has 0 spiro atoms. The number of esters is 1. The van der Waals surface area contributed by atoms with Crippen molar-refractivity contribution in [1.29, 1.82) is 0 Å². The fraction of sp³-hybridized carbons (Fsp3) is 0.423. The molecule has 1 heterocycles. The number of sulfonamides is 1. The van der Waals surface area contributed by atoms with E-state index in [0.717, 1.165) is 37.4 Å². The van der Waals surface area contributed by atoms with Gasteiger partial charge < -0.3 is 20.1 Å². The van der Waals surface area contributed by atoms with Gasteiger partial charge in [0.1, 0.15) is 6.61 Å². The molecule has 12 nitrogen and oxygen atoms in total. The lowest BCUT2D eigenvalue weighted by Gasteiger charge is -2.20. The van der Waals surface area contributed by atoms with Crippen molar-refractivity contribution in [2.24, 2.45) is 5.92 Å². The van der Waals surface area contributed by atoms with Crippen molar-refractivity contribution < 1.29 is 37.1 Å². The first-order chi connectivity index (χ1) is 18.6. The van der Waals surface area contributed by atoms with Crippen LogP contribution in [-0.2, 0) is 30.8 Å². The number of aromatic nitrogens is 1. The van der Waals surface area contributed by atoms with E-state index in [1.54, 1.807) is 12.1 Å². The average Bonchev–Trinajstić information content (AvgIpc) is 2.92. The monoisotopic (exact) mass is 560 g/mol. The van der Waals surface area contributed by atoms with Crippen LogP contribution in [0.2, 0.25) is 0 Å². The topological polar surface area (TPSA) is 170 Å². The summed E-state index contributed by atoms with van der Waals surface area (Å²) in [7, 11) is -4.15. The SMILES string of the molecule is CC(=O)OCCNC(=O)Oc1ccc(C(=O)NS(=O)(=O)c2ccc(CCNC(=O)C3CCCCC3)cc2)cn1. The standard InChI is InChI=1S/C26H32N4O8S/c1-18(31)37-16-15-28-26(34)38-23-12-9-21(17-29-23)25(33)30-39(35,36)22-10-7-19(8-11-22)13-14-27-24(32)20-5-3-2-4-6-20/h7-12,17,20H,2-6,13-16H2,1H3,(H,27,32)(H,28,34)(H,30,33). The quantitative estimate of drug-likeness (QED) is 0.275. The van der Waals surface area contributed by atoms with Crippen molar-refractivity contribution in [3.05, 3.63) is 53.7 Å². The Hall–Kier alpha value is -4.00. The molecule has 0 bridgehead atoms. The lowest BCUT2D eigenvalue weighted by atomic mass is 9.88. The smallest absolute Gasteiger partial charge is 0.414 e. The van der Waals surface area contributed by atoms with Gasteiger partial charge in [-0.3, -0.25) is 14.4 Å². The molecule has 3 rings (SSSR count).